The third kappa shape index (κ3) is 2.47. The molecule has 1 aliphatic carbocycles. The van der Waals surface area contributed by atoms with Crippen molar-refractivity contribution in [2.75, 3.05) is 0 Å². The first-order chi connectivity index (χ1) is 9.29. The molecule has 2 aromatic rings. The molecule has 102 valence electrons. The fraction of sp³-hybridized carbons (Fsp3) is 0.533. The molecule has 3 rings (SSSR count). The maximum atomic E-state index is 10.5. The van der Waals surface area contributed by atoms with E-state index in [0.29, 0.717) is 0 Å². The molecule has 2 heterocycles. The minimum Gasteiger partial charge on any atom is -0.380 e. The summed E-state index contributed by atoms with van der Waals surface area (Å²) in [5.74, 6) is 0.763. The number of aromatic nitrogens is 2. The van der Waals surface area contributed by atoms with Crippen molar-refractivity contribution in [2.45, 2.75) is 51.7 Å². The molecule has 0 saturated carbocycles. The van der Waals surface area contributed by atoms with Gasteiger partial charge in [0.15, 0.2) is 0 Å². The van der Waals surface area contributed by atoms with Crippen molar-refractivity contribution in [3.05, 3.63) is 39.6 Å². The molecule has 0 spiro atoms. The Balaban J connectivity index is 1.90. The molecule has 1 N–H and O–H groups in total. The zero-order chi connectivity index (χ0) is 13.2. The second-order valence-corrected chi connectivity index (χ2v) is 6.30. The topological polar surface area (TPSA) is 38.0 Å². The first kappa shape index (κ1) is 12.9. The highest BCUT2D eigenvalue weighted by molar-refractivity contribution is 7.12. The van der Waals surface area contributed by atoms with Gasteiger partial charge in [-0.2, -0.15) is 0 Å². The molecule has 0 radical (unpaired) electrons. The third-order valence-electron chi connectivity index (χ3n) is 3.87. The second kappa shape index (κ2) is 5.47. The summed E-state index contributed by atoms with van der Waals surface area (Å²) in [5, 5.41) is 10.5. The Kier molecular flexibility index (Phi) is 3.71. The van der Waals surface area contributed by atoms with Gasteiger partial charge in [0.05, 0.1) is 0 Å². The van der Waals surface area contributed by atoms with E-state index in [9.17, 15) is 5.11 Å². The summed E-state index contributed by atoms with van der Waals surface area (Å²) in [6.45, 7) is 2.92. The predicted octanol–water partition coefficient (Wildman–Crippen LogP) is 3.32. The van der Waals surface area contributed by atoms with E-state index in [1.165, 1.54) is 42.5 Å². The van der Waals surface area contributed by atoms with Gasteiger partial charge in [0.2, 0.25) is 0 Å². The van der Waals surface area contributed by atoms with E-state index in [4.69, 9.17) is 0 Å². The van der Waals surface area contributed by atoms with Crippen LogP contribution in [0.4, 0.5) is 0 Å². The number of rotatable bonds is 3. The molecule has 0 amide bonds. The standard InChI is InChI=1S/C15H20N2OS/c1-2-17-9-8-16-15(17)14(18)13-10-11-6-4-3-5-7-12(11)19-13/h8-10,14,18H,2-7H2,1H3. The number of thiophene rings is 1. The Morgan fingerprint density at radius 2 is 2.21 bits per heavy atom. The van der Waals surface area contributed by atoms with Gasteiger partial charge in [-0.25, -0.2) is 4.98 Å². The van der Waals surface area contributed by atoms with Crippen LogP contribution in [0.25, 0.3) is 0 Å². The third-order valence-corrected chi connectivity index (χ3v) is 5.16. The first-order valence-electron chi connectivity index (χ1n) is 7.10. The van der Waals surface area contributed by atoms with E-state index < -0.39 is 6.10 Å². The zero-order valence-corrected chi connectivity index (χ0v) is 12.1. The number of fused-ring (bicyclic) bond motifs is 1. The van der Waals surface area contributed by atoms with Crippen LogP contribution in [0.15, 0.2) is 18.5 Å². The number of aliphatic hydroxyl groups excluding tert-OH is 1. The molecular formula is C15H20N2OS. The van der Waals surface area contributed by atoms with Gasteiger partial charge in [-0.15, -0.1) is 11.3 Å². The Hall–Kier alpha value is -1.13. The normalized spacial score (nSPS) is 16.9. The fourth-order valence-corrected chi connectivity index (χ4v) is 4.03. The molecule has 0 bridgehead atoms. The molecule has 0 fully saturated rings. The Morgan fingerprint density at radius 1 is 1.37 bits per heavy atom. The van der Waals surface area contributed by atoms with Crippen LogP contribution in [0.3, 0.4) is 0 Å². The zero-order valence-electron chi connectivity index (χ0n) is 11.3. The van der Waals surface area contributed by atoms with Gasteiger partial charge in [-0.3, -0.25) is 0 Å². The van der Waals surface area contributed by atoms with Crippen LogP contribution in [0.2, 0.25) is 0 Å². The van der Waals surface area contributed by atoms with Gasteiger partial charge in [-0.1, -0.05) is 6.42 Å². The SMILES string of the molecule is CCn1ccnc1C(O)c1cc2c(s1)CCCCC2. The molecule has 1 atom stereocenters. The van der Waals surface area contributed by atoms with Gasteiger partial charge in [-0.05, 0) is 44.2 Å². The molecule has 19 heavy (non-hydrogen) atoms. The number of hydrogen-bond donors (Lipinski definition) is 1. The van der Waals surface area contributed by atoms with Crippen molar-refractivity contribution in [1.29, 1.82) is 0 Å². The smallest absolute Gasteiger partial charge is 0.146 e. The lowest BCUT2D eigenvalue weighted by Crippen LogP contribution is -2.07. The maximum absolute atomic E-state index is 10.5. The molecule has 1 unspecified atom stereocenters. The molecule has 0 saturated heterocycles. The first-order valence-corrected chi connectivity index (χ1v) is 7.92. The van der Waals surface area contributed by atoms with Crippen molar-refractivity contribution in [2.24, 2.45) is 0 Å². The van der Waals surface area contributed by atoms with Crippen LogP contribution in [0.5, 0.6) is 0 Å². The van der Waals surface area contributed by atoms with E-state index >= 15 is 0 Å². The largest absolute Gasteiger partial charge is 0.380 e. The van der Waals surface area contributed by atoms with Crippen LogP contribution >= 0.6 is 11.3 Å². The van der Waals surface area contributed by atoms with E-state index in [-0.39, 0.29) is 0 Å². The van der Waals surface area contributed by atoms with E-state index in [2.05, 4.69) is 18.0 Å². The fourth-order valence-electron chi connectivity index (χ4n) is 2.79. The van der Waals surface area contributed by atoms with Gasteiger partial charge in [0.1, 0.15) is 11.9 Å². The van der Waals surface area contributed by atoms with Crippen molar-refractivity contribution >= 4 is 11.3 Å². The number of aryl methyl sites for hydroxylation is 3. The van der Waals surface area contributed by atoms with E-state index in [1.807, 2.05) is 10.8 Å². The molecule has 0 aliphatic heterocycles. The summed E-state index contributed by atoms with van der Waals surface area (Å²) in [4.78, 5) is 6.83. The molecule has 1 aliphatic rings. The van der Waals surface area contributed by atoms with Crippen molar-refractivity contribution < 1.29 is 5.11 Å². The molecular weight excluding hydrogens is 256 g/mol. The summed E-state index contributed by atoms with van der Waals surface area (Å²) >= 11 is 1.77. The lowest BCUT2D eigenvalue weighted by molar-refractivity contribution is 0.208. The number of imidazole rings is 1. The molecule has 4 heteroatoms. The van der Waals surface area contributed by atoms with Gasteiger partial charge in [0.25, 0.3) is 0 Å². The molecule has 3 nitrogen and oxygen atoms in total. The molecule has 0 aromatic carbocycles. The highest BCUT2D eigenvalue weighted by atomic mass is 32.1. The minimum atomic E-state index is -0.577. The van der Waals surface area contributed by atoms with Crippen LogP contribution in [0.1, 0.15) is 53.4 Å². The van der Waals surface area contributed by atoms with Gasteiger partial charge < -0.3 is 9.67 Å². The Morgan fingerprint density at radius 3 is 3.05 bits per heavy atom. The van der Waals surface area contributed by atoms with Crippen LogP contribution in [0, 0.1) is 0 Å². The van der Waals surface area contributed by atoms with Crippen molar-refractivity contribution in [3.63, 3.8) is 0 Å². The highest BCUT2D eigenvalue weighted by Crippen LogP contribution is 2.34. The van der Waals surface area contributed by atoms with Gasteiger partial charge >= 0.3 is 0 Å². The van der Waals surface area contributed by atoms with Crippen LogP contribution in [-0.4, -0.2) is 14.7 Å². The lowest BCUT2D eigenvalue weighted by Gasteiger charge is -2.10. The highest BCUT2D eigenvalue weighted by Gasteiger charge is 2.21. The van der Waals surface area contributed by atoms with Crippen molar-refractivity contribution in [3.8, 4) is 0 Å². The minimum absolute atomic E-state index is 0.577. The molecule has 2 aromatic heterocycles. The summed E-state index contributed by atoms with van der Waals surface area (Å²) in [7, 11) is 0. The van der Waals surface area contributed by atoms with Crippen LogP contribution < -0.4 is 0 Å². The number of nitrogens with zero attached hydrogens (tertiary/aromatic N) is 2. The Bertz CT molecular complexity index is 535. The summed E-state index contributed by atoms with van der Waals surface area (Å²) in [6, 6.07) is 2.20. The number of hydrogen-bond acceptors (Lipinski definition) is 3. The van der Waals surface area contributed by atoms with E-state index in [0.717, 1.165) is 17.2 Å². The maximum Gasteiger partial charge on any atom is 0.146 e. The summed E-state index contributed by atoms with van der Waals surface area (Å²) in [5.41, 5.74) is 1.45. The van der Waals surface area contributed by atoms with Crippen molar-refractivity contribution in [1.82, 2.24) is 9.55 Å². The predicted molar refractivity (Wildman–Crippen MR) is 77.5 cm³/mol. The average molecular weight is 276 g/mol. The summed E-state index contributed by atoms with van der Waals surface area (Å²) in [6.07, 6.45) is 9.36. The monoisotopic (exact) mass is 276 g/mol. The number of aliphatic hydroxyl groups is 1. The lowest BCUT2D eigenvalue weighted by atomic mass is 10.1. The second-order valence-electron chi connectivity index (χ2n) is 5.13. The van der Waals surface area contributed by atoms with Gasteiger partial charge in [0, 0.05) is 28.7 Å². The average Bonchev–Trinajstić information content (AvgIpc) is 3.00. The van der Waals surface area contributed by atoms with Crippen LogP contribution in [-0.2, 0) is 19.4 Å². The Labute approximate surface area is 117 Å². The summed E-state index contributed by atoms with van der Waals surface area (Å²) < 4.78 is 2.01. The quantitative estimate of drug-likeness (QED) is 0.873. The van der Waals surface area contributed by atoms with E-state index in [1.54, 1.807) is 17.5 Å².